The number of pyridine rings is 1. The van der Waals surface area contributed by atoms with Gasteiger partial charge in [-0.15, -0.1) is 11.3 Å². The van der Waals surface area contributed by atoms with Crippen molar-refractivity contribution in [3.05, 3.63) is 44.1 Å². The summed E-state index contributed by atoms with van der Waals surface area (Å²) in [6.45, 7) is 4.06. The SMILES string of the molecule is CNc1ccc([N+](=O)[O-])c(NC(C)Cc2ccc(C)s2)n1. The molecule has 1 atom stereocenters. The van der Waals surface area contributed by atoms with E-state index in [1.165, 1.54) is 15.8 Å². The second-order valence-corrected chi connectivity index (χ2v) is 6.21. The summed E-state index contributed by atoms with van der Waals surface area (Å²) in [6, 6.07) is 7.28. The van der Waals surface area contributed by atoms with Crippen molar-refractivity contribution in [2.45, 2.75) is 26.3 Å². The molecule has 0 bridgehead atoms. The highest BCUT2D eigenvalue weighted by Crippen LogP contribution is 2.25. The Kier molecular flexibility index (Phi) is 4.74. The van der Waals surface area contributed by atoms with E-state index >= 15 is 0 Å². The summed E-state index contributed by atoms with van der Waals surface area (Å²) >= 11 is 1.74. The second-order valence-electron chi connectivity index (χ2n) is 4.83. The van der Waals surface area contributed by atoms with Gasteiger partial charge in [0.05, 0.1) is 4.92 Å². The highest BCUT2D eigenvalue weighted by Gasteiger charge is 2.18. The van der Waals surface area contributed by atoms with Crippen LogP contribution in [0.4, 0.5) is 17.3 Å². The van der Waals surface area contributed by atoms with E-state index in [9.17, 15) is 10.1 Å². The fourth-order valence-electron chi connectivity index (χ4n) is 2.03. The van der Waals surface area contributed by atoms with Crippen LogP contribution in [0, 0.1) is 17.0 Å². The van der Waals surface area contributed by atoms with Gasteiger partial charge >= 0.3 is 5.69 Å². The Morgan fingerprint density at radius 2 is 2.14 bits per heavy atom. The summed E-state index contributed by atoms with van der Waals surface area (Å²) in [5, 5.41) is 17.1. The Morgan fingerprint density at radius 3 is 2.71 bits per heavy atom. The van der Waals surface area contributed by atoms with Gasteiger partial charge in [0.15, 0.2) is 0 Å². The largest absolute Gasteiger partial charge is 0.373 e. The quantitative estimate of drug-likeness (QED) is 0.631. The van der Waals surface area contributed by atoms with Crippen LogP contribution in [0.25, 0.3) is 0 Å². The lowest BCUT2D eigenvalue weighted by Gasteiger charge is -2.14. The van der Waals surface area contributed by atoms with Gasteiger partial charge in [0, 0.05) is 35.3 Å². The average Bonchev–Trinajstić information content (AvgIpc) is 2.83. The van der Waals surface area contributed by atoms with Crippen molar-refractivity contribution >= 4 is 28.7 Å². The maximum absolute atomic E-state index is 11.1. The highest BCUT2D eigenvalue weighted by atomic mass is 32.1. The van der Waals surface area contributed by atoms with Crippen molar-refractivity contribution in [3.63, 3.8) is 0 Å². The Morgan fingerprint density at radius 1 is 1.38 bits per heavy atom. The van der Waals surface area contributed by atoms with E-state index in [0.29, 0.717) is 11.6 Å². The van der Waals surface area contributed by atoms with Crippen LogP contribution in [0.3, 0.4) is 0 Å². The first-order chi connectivity index (χ1) is 9.99. The topological polar surface area (TPSA) is 80.1 Å². The number of nitro groups is 1. The Labute approximate surface area is 127 Å². The van der Waals surface area contributed by atoms with E-state index in [2.05, 4.69) is 34.7 Å². The lowest BCUT2D eigenvalue weighted by Crippen LogP contribution is -2.19. The number of anilines is 2. The van der Waals surface area contributed by atoms with Gasteiger partial charge < -0.3 is 10.6 Å². The van der Waals surface area contributed by atoms with Gasteiger partial charge in [0.1, 0.15) is 5.82 Å². The summed E-state index contributed by atoms with van der Waals surface area (Å²) in [4.78, 5) is 17.4. The summed E-state index contributed by atoms with van der Waals surface area (Å²) in [5.41, 5.74) is -0.0109. The molecular formula is C14H18N4O2S. The fraction of sp³-hybridized carbons (Fsp3) is 0.357. The number of thiophene rings is 1. The van der Waals surface area contributed by atoms with Crippen LogP contribution < -0.4 is 10.6 Å². The zero-order valence-electron chi connectivity index (χ0n) is 12.2. The summed E-state index contributed by atoms with van der Waals surface area (Å²) in [6.07, 6.45) is 0.807. The molecule has 2 N–H and O–H groups in total. The number of nitrogens with one attached hydrogen (secondary N) is 2. The van der Waals surface area contributed by atoms with Crippen molar-refractivity contribution < 1.29 is 4.92 Å². The normalized spacial score (nSPS) is 12.0. The first kappa shape index (κ1) is 15.2. The zero-order chi connectivity index (χ0) is 15.4. The number of hydrogen-bond donors (Lipinski definition) is 2. The molecule has 7 heteroatoms. The Bertz CT molecular complexity index is 642. The van der Waals surface area contributed by atoms with Gasteiger partial charge in [-0.3, -0.25) is 10.1 Å². The molecule has 2 aromatic heterocycles. The van der Waals surface area contributed by atoms with Gasteiger partial charge in [0.25, 0.3) is 0 Å². The molecule has 0 saturated heterocycles. The second kappa shape index (κ2) is 6.53. The number of hydrogen-bond acceptors (Lipinski definition) is 6. The van der Waals surface area contributed by atoms with Gasteiger partial charge in [-0.2, -0.15) is 0 Å². The molecule has 0 radical (unpaired) electrons. The van der Waals surface area contributed by atoms with Crippen LogP contribution >= 0.6 is 11.3 Å². The van der Waals surface area contributed by atoms with Crippen molar-refractivity contribution in [1.82, 2.24) is 4.98 Å². The molecule has 2 rings (SSSR count). The highest BCUT2D eigenvalue weighted by molar-refractivity contribution is 7.11. The molecular weight excluding hydrogens is 288 g/mol. The number of rotatable bonds is 6. The van der Waals surface area contributed by atoms with E-state index in [-0.39, 0.29) is 11.7 Å². The molecule has 0 aliphatic carbocycles. The molecule has 0 aliphatic heterocycles. The third-order valence-electron chi connectivity index (χ3n) is 3.01. The third-order valence-corrected chi connectivity index (χ3v) is 4.04. The van der Waals surface area contributed by atoms with E-state index in [1.54, 1.807) is 24.5 Å². The van der Waals surface area contributed by atoms with Crippen LogP contribution in [0.5, 0.6) is 0 Å². The molecule has 0 fully saturated rings. The smallest absolute Gasteiger partial charge is 0.311 e. The maximum atomic E-state index is 11.1. The zero-order valence-corrected chi connectivity index (χ0v) is 13.0. The fourth-order valence-corrected chi connectivity index (χ4v) is 3.04. The van der Waals surface area contributed by atoms with Crippen molar-refractivity contribution in [2.75, 3.05) is 17.7 Å². The molecule has 2 aromatic rings. The minimum absolute atomic E-state index is 0.0109. The summed E-state index contributed by atoms with van der Waals surface area (Å²) < 4.78 is 0. The van der Waals surface area contributed by atoms with Gasteiger partial charge in [-0.05, 0) is 32.0 Å². The minimum Gasteiger partial charge on any atom is -0.373 e. The molecule has 0 spiro atoms. The number of aryl methyl sites for hydroxylation is 1. The predicted molar refractivity (Wildman–Crippen MR) is 86.3 cm³/mol. The summed E-state index contributed by atoms with van der Waals surface area (Å²) in [5.74, 6) is 0.898. The van der Waals surface area contributed by atoms with Crippen molar-refractivity contribution in [1.29, 1.82) is 0 Å². The maximum Gasteiger partial charge on any atom is 0.311 e. The lowest BCUT2D eigenvalue weighted by atomic mass is 10.2. The molecule has 21 heavy (non-hydrogen) atoms. The number of aromatic nitrogens is 1. The first-order valence-electron chi connectivity index (χ1n) is 6.64. The van der Waals surface area contributed by atoms with Crippen LogP contribution in [0.1, 0.15) is 16.7 Å². The van der Waals surface area contributed by atoms with Gasteiger partial charge in [-0.1, -0.05) is 0 Å². The van der Waals surface area contributed by atoms with E-state index in [0.717, 1.165) is 6.42 Å². The number of nitrogens with zero attached hydrogens (tertiary/aromatic N) is 2. The van der Waals surface area contributed by atoms with Crippen molar-refractivity contribution in [2.24, 2.45) is 0 Å². The molecule has 0 aromatic carbocycles. The lowest BCUT2D eigenvalue weighted by molar-refractivity contribution is -0.384. The van der Waals surface area contributed by atoms with Crippen LogP contribution in [-0.2, 0) is 6.42 Å². The molecule has 0 saturated carbocycles. The monoisotopic (exact) mass is 306 g/mol. The molecule has 1 unspecified atom stereocenters. The van der Waals surface area contributed by atoms with Gasteiger partial charge in [-0.25, -0.2) is 4.98 Å². The summed E-state index contributed by atoms with van der Waals surface area (Å²) in [7, 11) is 1.73. The molecule has 6 nitrogen and oxygen atoms in total. The first-order valence-corrected chi connectivity index (χ1v) is 7.46. The third kappa shape index (κ3) is 3.91. The standard InChI is InChI=1S/C14H18N4O2S/c1-9(8-11-5-4-10(2)21-11)16-14-12(18(19)20)6-7-13(15-3)17-14/h4-7,9H,8H2,1-3H3,(H2,15,16,17). The molecule has 112 valence electrons. The molecule has 0 amide bonds. The van der Waals surface area contributed by atoms with E-state index < -0.39 is 4.92 Å². The Balaban J connectivity index is 2.15. The molecule has 0 aliphatic rings. The minimum atomic E-state index is -0.420. The van der Waals surface area contributed by atoms with Gasteiger partial charge in [0.2, 0.25) is 5.82 Å². The van der Waals surface area contributed by atoms with Crippen LogP contribution in [0.15, 0.2) is 24.3 Å². The average molecular weight is 306 g/mol. The van der Waals surface area contributed by atoms with Crippen LogP contribution in [0.2, 0.25) is 0 Å². The van der Waals surface area contributed by atoms with Crippen molar-refractivity contribution in [3.8, 4) is 0 Å². The predicted octanol–water partition coefficient (Wildman–Crippen LogP) is 3.44. The Hall–Kier alpha value is -2.15. The molecule has 2 heterocycles. The van der Waals surface area contributed by atoms with E-state index in [4.69, 9.17) is 0 Å². The van der Waals surface area contributed by atoms with Crippen LogP contribution in [-0.4, -0.2) is 23.0 Å². The van der Waals surface area contributed by atoms with E-state index in [1.807, 2.05) is 6.92 Å².